The van der Waals surface area contributed by atoms with Crippen LogP contribution in [0.25, 0.3) is 44.0 Å². The Hall–Kier alpha value is -7.17. The molecule has 5 N–H and O–H groups in total. The van der Waals surface area contributed by atoms with E-state index >= 15 is 0 Å². The zero-order valence-electron chi connectivity index (χ0n) is 38.7. The molecule has 0 radical (unpaired) electrons. The Kier molecular flexibility index (Phi) is 16.8. The highest BCUT2D eigenvalue weighted by Crippen LogP contribution is 2.31. The molecule has 17 nitrogen and oxygen atoms in total. The van der Waals surface area contributed by atoms with Gasteiger partial charge in [0.1, 0.15) is 5.71 Å². The summed E-state index contributed by atoms with van der Waals surface area (Å²) in [6.07, 6.45) is 13.4. The van der Waals surface area contributed by atoms with Crippen molar-refractivity contribution in [2.24, 2.45) is 47.4 Å². The number of carbonyl (C=O) groups excluding carboxylic acids is 3. The van der Waals surface area contributed by atoms with Gasteiger partial charge in [-0.25, -0.2) is 14.4 Å². The van der Waals surface area contributed by atoms with Gasteiger partial charge in [0.15, 0.2) is 17.3 Å². The number of hydrogen-bond donors (Lipinski definition) is 4. The molecule has 0 spiro atoms. The average molecular weight is 933 g/mol. The molecule has 0 bridgehead atoms. The number of rotatable bonds is 2. The van der Waals surface area contributed by atoms with E-state index < -0.39 is 0 Å². The van der Waals surface area contributed by atoms with Crippen molar-refractivity contribution in [3.63, 3.8) is 0 Å². The van der Waals surface area contributed by atoms with Gasteiger partial charge in [0.25, 0.3) is 0 Å². The molecule has 3 aliphatic rings. The van der Waals surface area contributed by atoms with Gasteiger partial charge in [-0.15, -0.1) is 0 Å². The van der Waals surface area contributed by atoms with E-state index in [1.165, 1.54) is 0 Å². The third-order valence-corrected chi connectivity index (χ3v) is 13.0. The van der Waals surface area contributed by atoms with E-state index in [2.05, 4.69) is 15.5 Å². The van der Waals surface area contributed by atoms with Crippen molar-refractivity contribution in [1.82, 2.24) is 32.4 Å². The zero-order chi connectivity index (χ0) is 47.4. The molecule has 3 aromatic carbocycles. The summed E-state index contributed by atoms with van der Waals surface area (Å²) in [5, 5.41) is 14.0. The van der Waals surface area contributed by atoms with Crippen molar-refractivity contribution in [1.29, 1.82) is 0 Å². The fraction of sp³-hybridized carbons (Fsp3) is 0.431. The first kappa shape index (κ1) is 51.8. The third-order valence-electron chi connectivity index (χ3n) is 13.0. The fourth-order valence-electron chi connectivity index (χ4n) is 9.06. The van der Waals surface area contributed by atoms with Crippen LogP contribution in [0, 0.1) is 0 Å². The number of nitrogens with one attached hydrogen (secondary N) is 2. The van der Waals surface area contributed by atoms with Gasteiger partial charge in [-0.1, -0.05) is 27.7 Å². The van der Waals surface area contributed by atoms with E-state index in [1.54, 1.807) is 81.8 Å². The predicted molar refractivity (Wildman–Crippen MR) is 274 cm³/mol. The molecule has 3 aliphatic carbocycles. The van der Waals surface area contributed by atoms with Crippen LogP contribution in [-0.2, 0) is 58.3 Å². The Bertz CT molecular complexity index is 3250. The monoisotopic (exact) mass is 933 g/mol. The minimum absolute atomic E-state index is 0. The van der Waals surface area contributed by atoms with Crippen LogP contribution >= 0.6 is 0 Å². The number of anilines is 2. The number of aliphatic hydroxyl groups is 1. The maximum atomic E-state index is 12.2. The molecule has 0 atom stereocenters. The SMILES string of the molecule is C.C.Cn1c(=O)n(C)c2cc(N)ccc21.Cn1c(=O)n(C)c2cc(N/N=C3\CCCCCC3=O)ccc21.Cn1c(=O)n(C)c2cc3c4c([nH]c3cc21)C(=O)CCCC4.O=C1CCCCC/C1=C/O. The van der Waals surface area contributed by atoms with E-state index in [-0.39, 0.29) is 49.3 Å². The maximum Gasteiger partial charge on any atom is 0.328 e. The first-order chi connectivity index (χ1) is 31.6. The number of aryl methyl sites for hydroxylation is 7. The van der Waals surface area contributed by atoms with Gasteiger partial charge in [-0.3, -0.25) is 47.2 Å². The van der Waals surface area contributed by atoms with Gasteiger partial charge in [-0.2, -0.15) is 5.10 Å². The number of aromatic amines is 1. The lowest BCUT2D eigenvalue weighted by molar-refractivity contribution is -0.115. The Morgan fingerprint density at radius 1 is 0.544 bits per heavy atom. The van der Waals surface area contributed by atoms with Gasteiger partial charge in [0, 0.05) is 83.7 Å². The first-order valence-electron chi connectivity index (χ1n) is 22.6. The molecule has 2 fully saturated rings. The largest absolute Gasteiger partial charge is 0.515 e. The summed E-state index contributed by atoms with van der Waals surface area (Å²) in [7, 11) is 10.5. The summed E-state index contributed by atoms with van der Waals surface area (Å²) in [5.41, 5.74) is 19.3. The van der Waals surface area contributed by atoms with E-state index in [0.717, 1.165) is 138 Å². The molecule has 0 amide bonds. The van der Waals surface area contributed by atoms with Crippen LogP contribution in [0.5, 0.6) is 0 Å². The molecule has 0 aliphatic heterocycles. The zero-order valence-corrected chi connectivity index (χ0v) is 38.7. The molecule has 4 heterocycles. The number of carbonyl (C=O) groups is 3. The third kappa shape index (κ3) is 10.5. The van der Waals surface area contributed by atoms with Crippen LogP contribution in [-0.4, -0.2) is 60.6 Å². The standard InChI is InChI=1S/C16H20N4O2.C16H17N3O2.C9H11N3O.C8H12O2.2CH4/c1-19-13-9-8-11(10-14(13)20(2)16(19)22)17-18-12-6-4-3-5-7-15(12)21;1-18-12-7-10-9-5-3-4-6-14(20)15(9)17-11(10)8-13(12)19(2)16(18)21;1-11-7-4-3-6(10)5-8(7)12(2)9(11)13;9-6-7-4-2-1-3-5-8(7)10;;/h8-10,17H,3-7H2,1-2H3;7-8,17H,3-6H2,1-2H3;3-5H,10H2,1-2H3;6,9H,1-5H2;2*1H4/b18-12+;;;7-6-;;. The predicted octanol–water partition coefficient (Wildman–Crippen LogP) is 8.14. The van der Waals surface area contributed by atoms with E-state index in [4.69, 9.17) is 10.8 Å². The van der Waals surface area contributed by atoms with E-state index in [9.17, 15) is 28.8 Å². The Morgan fingerprint density at radius 3 is 1.63 bits per heavy atom. The van der Waals surface area contributed by atoms with Gasteiger partial charge in [-0.05, 0) is 112 Å². The number of ketones is 3. The molecule has 0 unspecified atom stereocenters. The lowest BCUT2D eigenvalue weighted by Gasteiger charge is -2.05. The number of benzene rings is 3. The minimum Gasteiger partial charge on any atom is -0.515 e. The molecule has 2 saturated carbocycles. The molecule has 0 saturated heterocycles. The number of nitrogen functional groups attached to an aromatic ring is 1. The number of hydrazone groups is 1. The molecule has 364 valence electrons. The summed E-state index contributed by atoms with van der Waals surface area (Å²) in [6, 6.07) is 15.1. The summed E-state index contributed by atoms with van der Waals surface area (Å²) in [6.45, 7) is 0. The Morgan fingerprint density at radius 2 is 1.01 bits per heavy atom. The van der Waals surface area contributed by atoms with Gasteiger partial charge >= 0.3 is 17.1 Å². The van der Waals surface area contributed by atoms with Crippen LogP contribution in [0.1, 0.15) is 114 Å². The second kappa shape index (κ2) is 22.1. The van der Waals surface area contributed by atoms with Crippen LogP contribution in [0.3, 0.4) is 0 Å². The van der Waals surface area contributed by atoms with Crippen molar-refractivity contribution in [2.75, 3.05) is 11.2 Å². The number of aliphatic hydroxyl groups excluding tert-OH is 1. The number of nitrogens with two attached hydrogens (primary N) is 1. The highest BCUT2D eigenvalue weighted by atomic mass is 16.2. The molecule has 68 heavy (non-hydrogen) atoms. The molecule has 4 aromatic heterocycles. The normalized spacial score (nSPS) is 16.4. The van der Waals surface area contributed by atoms with Crippen LogP contribution in [0.15, 0.2) is 79.9 Å². The lowest BCUT2D eigenvalue weighted by atomic mass is 10.1. The van der Waals surface area contributed by atoms with Gasteiger partial charge < -0.3 is 15.8 Å². The van der Waals surface area contributed by atoms with Crippen LogP contribution in [0.2, 0.25) is 0 Å². The number of allylic oxidation sites excluding steroid dienone is 1. The summed E-state index contributed by atoms with van der Waals surface area (Å²) < 4.78 is 9.71. The number of imidazole rings is 3. The number of nitrogens with zero attached hydrogens (tertiary/aromatic N) is 7. The smallest absolute Gasteiger partial charge is 0.328 e. The van der Waals surface area contributed by atoms with Crippen molar-refractivity contribution in [3.05, 3.63) is 103 Å². The van der Waals surface area contributed by atoms with E-state index in [1.807, 2.05) is 36.4 Å². The maximum absolute atomic E-state index is 12.2. The number of aromatic nitrogens is 7. The number of H-pyrrole nitrogens is 1. The summed E-state index contributed by atoms with van der Waals surface area (Å²) >= 11 is 0. The Labute approximate surface area is 395 Å². The molecule has 10 rings (SSSR count). The fourth-order valence-corrected chi connectivity index (χ4v) is 9.06. The molecule has 7 aromatic rings. The van der Waals surface area contributed by atoms with Crippen molar-refractivity contribution >= 4 is 78.4 Å². The molecular weight excluding hydrogens is 865 g/mol. The van der Waals surface area contributed by atoms with E-state index in [0.29, 0.717) is 36.2 Å². The van der Waals surface area contributed by atoms with Crippen molar-refractivity contribution < 1.29 is 19.5 Å². The van der Waals surface area contributed by atoms with Gasteiger partial charge in [0.05, 0.1) is 50.7 Å². The quantitative estimate of drug-likeness (QED) is 0.0328. The summed E-state index contributed by atoms with van der Waals surface area (Å²) in [5.74, 6) is 0.467. The van der Waals surface area contributed by atoms with Crippen molar-refractivity contribution in [3.8, 4) is 0 Å². The molecular formula is C51H68N10O7. The number of fused-ring (bicyclic) bond motifs is 6. The number of hydrogen-bond acceptors (Lipinski definition) is 10. The highest BCUT2D eigenvalue weighted by Gasteiger charge is 2.22. The number of Topliss-reactive ketones (excluding diaryl/α,β-unsaturated/α-hetero) is 3. The van der Waals surface area contributed by atoms with Crippen LogP contribution < -0.4 is 28.2 Å². The topological polar surface area (TPSA) is 218 Å². The van der Waals surface area contributed by atoms with Gasteiger partial charge in [0.2, 0.25) is 0 Å². The Balaban J connectivity index is 0.000000175. The van der Waals surface area contributed by atoms with Crippen LogP contribution in [0.4, 0.5) is 11.4 Å². The van der Waals surface area contributed by atoms with Crippen molar-refractivity contribution in [2.45, 2.75) is 105 Å². The second-order valence-corrected chi connectivity index (χ2v) is 17.4. The first-order valence-corrected chi connectivity index (χ1v) is 22.6. The highest BCUT2D eigenvalue weighted by molar-refractivity contribution is 6.40. The minimum atomic E-state index is -0.0580. The lowest BCUT2D eigenvalue weighted by Crippen LogP contribution is -2.19. The molecule has 17 heteroatoms. The summed E-state index contributed by atoms with van der Waals surface area (Å²) in [4.78, 5) is 73.9. The average Bonchev–Trinajstić information content (AvgIpc) is 3.67. The second-order valence-electron chi connectivity index (χ2n) is 17.4.